The number of anilines is 3. The Bertz CT molecular complexity index is 5100. The number of carbonyl (C=O) groups excluding carboxylic acids is 6. The highest BCUT2D eigenvalue weighted by Crippen LogP contribution is 2.38. The van der Waals surface area contributed by atoms with E-state index in [1.54, 1.807) is 82.6 Å². The molecule has 0 spiro atoms. The Kier molecular flexibility index (Phi) is 22.3. The number of hydrogen-bond donors (Lipinski definition) is 0. The van der Waals surface area contributed by atoms with Crippen LogP contribution in [0, 0.1) is 0 Å². The van der Waals surface area contributed by atoms with E-state index in [4.69, 9.17) is 27.5 Å². The van der Waals surface area contributed by atoms with E-state index in [2.05, 4.69) is 0 Å². The molecular weight excluding hydrogens is 1360 g/mol. The maximum absolute atomic E-state index is 13.9. The van der Waals surface area contributed by atoms with Gasteiger partial charge in [0.15, 0.2) is 11.5 Å². The fourth-order valence-corrected chi connectivity index (χ4v) is 15.2. The second-order valence-corrected chi connectivity index (χ2v) is 26.6. The summed E-state index contributed by atoms with van der Waals surface area (Å²) in [5.41, 5.74) is 4.88. The van der Waals surface area contributed by atoms with Crippen molar-refractivity contribution in [2.75, 3.05) is 113 Å². The van der Waals surface area contributed by atoms with Crippen LogP contribution >= 0.6 is 11.3 Å². The normalized spacial score (nSPS) is 14.8. The zero-order valence-electron chi connectivity index (χ0n) is 58.7. The molecule has 105 heavy (non-hydrogen) atoms. The van der Waals surface area contributed by atoms with Gasteiger partial charge in [0, 0.05) is 106 Å². The summed E-state index contributed by atoms with van der Waals surface area (Å²) in [5.74, 6) is -1.59. The summed E-state index contributed by atoms with van der Waals surface area (Å²) in [4.78, 5) is 131. The molecule has 4 aromatic carbocycles. The zero-order chi connectivity index (χ0) is 73.1. The molecule has 4 fully saturated rings. The van der Waals surface area contributed by atoms with Crippen LogP contribution in [0.25, 0.3) is 32.7 Å². The van der Waals surface area contributed by atoms with E-state index in [1.165, 1.54) is 23.9 Å². The molecule has 0 unspecified atom stereocenters. The van der Waals surface area contributed by atoms with Gasteiger partial charge in [-0.2, -0.15) is 0 Å². The average Bonchev–Trinajstić information content (AvgIpc) is 1.08. The van der Waals surface area contributed by atoms with Crippen molar-refractivity contribution in [2.45, 2.75) is 65.6 Å². The smallest absolute Gasteiger partial charge is 0.345 e. The maximum atomic E-state index is 13.9. The van der Waals surface area contributed by atoms with Crippen LogP contribution in [0.2, 0.25) is 0 Å². The number of para-hydroxylation sites is 3. The van der Waals surface area contributed by atoms with Gasteiger partial charge < -0.3 is 70.6 Å². The number of pyridine rings is 3. The van der Waals surface area contributed by atoms with Crippen LogP contribution in [0.4, 0.5) is 17.1 Å². The Hall–Kier alpha value is -11.7. The highest BCUT2D eigenvalue weighted by Gasteiger charge is 2.36. The molecule has 542 valence electrons. The van der Waals surface area contributed by atoms with E-state index in [9.17, 15) is 43.2 Å². The van der Waals surface area contributed by atoms with E-state index < -0.39 is 23.5 Å². The molecule has 4 aliphatic rings. The number of furan rings is 3. The lowest BCUT2D eigenvalue weighted by atomic mass is 10.0. The number of rotatable bonds is 17. The summed E-state index contributed by atoms with van der Waals surface area (Å²) in [7, 11) is 0. The molecule has 0 N–H and O–H groups in total. The third-order valence-corrected chi connectivity index (χ3v) is 20.3. The third kappa shape index (κ3) is 15.1. The van der Waals surface area contributed by atoms with Crippen LogP contribution in [0.3, 0.4) is 0 Å². The standard InChI is InChI=1S/C28H27N3O5.C26H25N3O5S.C26H29N3O5/c1-2-35-28(34)24-25(29-14-16-30(17-15-29)26(32)23-13-8-18-36-23)21-11-6-7-12-22(21)31(27(24)33)19-20-9-4-3-5-10-20;1-2-34-26(32)22-23(27-10-12-28(13-11-27)24(30)21-8-5-15-35-21)19-6-3-4-7-20(19)29(25(22)31)16-18-9-14-33-17-18;1-2-33-26(32)22-23(27-13-15-28(16-14-27)24(30)21-12-7-17-34-21)19-10-5-6-11-20(19)29(25(22)31)18-8-3-4-9-18/h3-13,18H,2,14-17,19H2,1H3;3-9,14-15,17H,2,10-13,16H2,1H3;5-7,10-12,17-18H,2-4,8-9,13-16H2,1H3. The number of thiophene rings is 1. The largest absolute Gasteiger partial charge is 0.472 e. The van der Waals surface area contributed by atoms with Crippen LogP contribution in [-0.4, -0.2) is 162 Å². The summed E-state index contributed by atoms with van der Waals surface area (Å²) in [6, 6.07) is 44.9. The predicted octanol–water partition coefficient (Wildman–Crippen LogP) is 11.5. The molecule has 0 bridgehead atoms. The molecule has 10 heterocycles. The lowest BCUT2D eigenvalue weighted by Crippen LogP contribution is -2.49. The number of hydrogen-bond acceptors (Lipinski definition) is 19. The van der Waals surface area contributed by atoms with Crippen molar-refractivity contribution in [3.8, 4) is 0 Å². The first kappa shape index (κ1) is 71.7. The highest BCUT2D eigenvalue weighted by atomic mass is 32.1. The van der Waals surface area contributed by atoms with E-state index in [-0.39, 0.29) is 77.9 Å². The molecule has 15 rings (SSSR count). The Morgan fingerprint density at radius 1 is 0.419 bits per heavy atom. The van der Waals surface area contributed by atoms with Gasteiger partial charge in [-0.3, -0.25) is 28.8 Å². The van der Waals surface area contributed by atoms with Gasteiger partial charge in [0.25, 0.3) is 34.4 Å². The molecular formula is C80H81N9O15S. The van der Waals surface area contributed by atoms with Gasteiger partial charge in [0.1, 0.15) is 16.7 Å². The second kappa shape index (κ2) is 32.7. The SMILES string of the molecule is CCOC(=O)c1c(N2CCN(C(=O)c3ccco3)CC2)c2ccccc2n(C2CCCC2)c1=O.CCOC(=O)c1c(N2CCN(C(=O)c3ccco3)CC2)c2ccccc2n(Cc2ccccc2)c1=O.CCOC(=O)c1c(N2CCN(C(=O)c3cccs3)CC2)c2ccccc2n(Cc2ccoc2)c1=O. The van der Waals surface area contributed by atoms with E-state index >= 15 is 0 Å². The summed E-state index contributed by atoms with van der Waals surface area (Å²) in [5, 5.41) is 4.33. The molecule has 1 aliphatic carbocycles. The topological polar surface area (TPSA) is 255 Å². The fraction of sp³-hybridized carbons (Fsp3) is 0.312. The van der Waals surface area contributed by atoms with Crippen molar-refractivity contribution in [1.82, 2.24) is 28.4 Å². The van der Waals surface area contributed by atoms with Gasteiger partial charge in [0.05, 0.1) is 96.5 Å². The highest BCUT2D eigenvalue weighted by molar-refractivity contribution is 7.12. The second-order valence-electron chi connectivity index (χ2n) is 25.7. The van der Waals surface area contributed by atoms with Gasteiger partial charge in [0.2, 0.25) is 0 Å². The minimum atomic E-state index is -0.642. The molecule has 0 atom stereocenters. The number of esters is 3. The molecule has 1 saturated carbocycles. The number of amides is 3. The van der Waals surface area contributed by atoms with Crippen molar-refractivity contribution in [3.05, 3.63) is 251 Å². The monoisotopic (exact) mass is 1440 g/mol. The van der Waals surface area contributed by atoms with E-state index in [0.717, 1.165) is 69.5 Å². The van der Waals surface area contributed by atoms with Crippen LogP contribution < -0.4 is 31.4 Å². The molecule has 3 aliphatic heterocycles. The van der Waals surface area contributed by atoms with Gasteiger partial charge >= 0.3 is 17.9 Å². The van der Waals surface area contributed by atoms with Gasteiger partial charge in [-0.25, -0.2) is 14.4 Å². The molecule has 3 saturated heterocycles. The maximum Gasteiger partial charge on any atom is 0.345 e. The Labute approximate surface area is 608 Å². The number of carbonyl (C=O) groups is 6. The number of ether oxygens (including phenoxy) is 3. The molecule has 7 aromatic heterocycles. The van der Waals surface area contributed by atoms with Crippen LogP contribution in [-0.2, 0) is 27.3 Å². The lowest BCUT2D eigenvalue weighted by molar-refractivity contribution is 0.0514. The fourth-order valence-electron chi connectivity index (χ4n) is 14.5. The Morgan fingerprint density at radius 3 is 1.24 bits per heavy atom. The molecule has 11 aromatic rings. The number of benzene rings is 4. The van der Waals surface area contributed by atoms with Crippen molar-refractivity contribution < 1.29 is 56.2 Å². The Morgan fingerprint density at radius 2 is 0.829 bits per heavy atom. The number of fused-ring (bicyclic) bond motifs is 3. The van der Waals surface area contributed by atoms with Crippen molar-refractivity contribution in [2.24, 2.45) is 0 Å². The van der Waals surface area contributed by atoms with Gasteiger partial charge in [-0.1, -0.05) is 104 Å². The van der Waals surface area contributed by atoms with E-state index in [0.29, 0.717) is 119 Å². The summed E-state index contributed by atoms with van der Waals surface area (Å²) in [6.07, 6.45) is 10.1. The van der Waals surface area contributed by atoms with Crippen molar-refractivity contribution >= 4 is 96.7 Å². The zero-order valence-corrected chi connectivity index (χ0v) is 59.5. The van der Waals surface area contributed by atoms with Crippen LogP contribution in [0.1, 0.15) is 125 Å². The minimum absolute atomic E-state index is 0.00523. The van der Waals surface area contributed by atoms with E-state index in [1.807, 2.05) is 145 Å². The quantitative estimate of drug-likeness (QED) is 0.0606. The number of piperazine rings is 3. The van der Waals surface area contributed by atoms with Crippen LogP contribution in [0.15, 0.2) is 204 Å². The summed E-state index contributed by atoms with van der Waals surface area (Å²) >= 11 is 1.42. The van der Waals surface area contributed by atoms with Gasteiger partial charge in [-0.15, -0.1) is 11.3 Å². The average molecular weight is 1440 g/mol. The lowest BCUT2D eigenvalue weighted by Gasteiger charge is -2.37. The summed E-state index contributed by atoms with van der Waals surface area (Å²) < 4.78 is 36.8. The minimum Gasteiger partial charge on any atom is -0.472 e. The predicted molar refractivity (Wildman–Crippen MR) is 399 cm³/mol. The summed E-state index contributed by atoms with van der Waals surface area (Å²) in [6.45, 7) is 12.0. The van der Waals surface area contributed by atoms with Gasteiger partial charge in [-0.05, 0) is 99.2 Å². The van der Waals surface area contributed by atoms with Crippen molar-refractivity contribution in [1.29, 1.82) is 0 Å². The molecule has 24 nitrogen and oxygen atoms in total. The molecule has 0 radical (unpaired) electrons. The molecule has 3 amide bonds. The third-order valence-electron chi connectivity index (χ3n) is 19.5. The van der Waals surface area contributed by atoms with Crippen molar-refractivity contribution in [3.63, 3.8) is 0 Å². The first-order chi connectivity index (χ1) is 51.3. The Balaban J connectivity index is 0.000000140. The first-order valence-corrected chi connectivity index (χ1v) is 36.4. The number of aromatic nitrogens is 3. The molecule has 25 heteroatoms. The first-order valence-electron chi connectivity index (χ1n) is 35.5. The van der Waals surface area contributed by atoms with Crippen LogP contribution in [0.5, 0.6) is 0 Å². The number of nitrogens with zero attached hydrogens (tertiary/aromatic N) is 9.